The molecule has 0 spiro atoms. The number of hydrogen-bond donors (Lipinski definition) is 1. The molecule has 10 heteroatoms. The first kappa shape index (κ1) is 21.1. The molecule has 2 saturated heterocycles. The maximum Gasteiger partial charge on any atom is 0.416 e. The fraction of sp³-hybridized carbons (Fsp3) is 0.429. The first-order chi connectivity index (χ1) is 14.8. The summed E-state index contributed by atoms with van der Waals surface area (Å²) in [5.41, 5.74) is -0.185. The van der Waals surface area contributed by atoms with Crippen molar-refractivity contribution < 1.29 is 27.4 Å². The Balaban J connectivity index is 1.46. The largest absolute Gasteiger partial charge is 0.497 e. The minimum Gasteiger partial charge on any atom is -0.497 e. The molecule has 166 valence electrons. The second-order valence-corrected chi connectivity index (χ2v) is 7.65. The summed E-state index contributed by atoms with van der Waals surface area (Å²) in [6, 6.07) is 6.77. The van der Waals surface area contributed by atoms with Gasteiger partial charge in [0.15, 0.2) is 0 Å². The predicted molar refractivity (Wildman–Crippen MR) is 109 cm³/mol. The van der Waals surface area contributed by atoms with Crippen molar-refractivity contribution in [2.24, 2.45) is 5.92 Å². The lowest BCUT2D eigenvalue weighted by Gasteiger charge is -2.26. The van der Waals surface area contributed by atoms with Crippen LogP contribution in [0.1, 0.15) is 12.0 Å². The molecular formula is C21H23F3N4O3. The molecule has 0 radical (unpaired) electrons. The molecule has 2 aromatic rings. The van der Waals surface area contributed by atoms with Crippen LogP contribution in [0.5, 0.6) is 11.5 Å². The van der Waals surface area contributed by atoms with Crippen LogP contribution in [0, 0.1) is 5.92 Å². The van der Waals surface area contributed by atoms with Gasteiger partial charge >= 0.3 is 12.2 Å². The number of methoxy groups -OCH3 is 2. The van der Waals surface area contributed by atoms with Gasteiger partial charge in [0.05, 0.1) is 25.8 Å². The third kappa shape index (κ3) is 4.33. The van der Waals surface area contributed by atoms with Gasteiger partial charge in [0.2, 0.25) is 0 Å². The minimum absolute atomic E-state index is 0.0937. The first-order valence-corrected chi connectivity index (χ1v) is 9.87. The molecule has 2 aliphatic rings. The smallest absolute Gasteiger partial charge is 0.416 e. The summed E-state index contributed by atoms with van der Waals surface area (Å²) in [7, 11) is 3.06. The van der Waals surface area contributed by atoms with E-state index < -0.39 is 11.7 Å². The Labute approximate surface area is 177 Å². The van der Waals surface area contributed by atoms with Crippen molar-refractivity contribution in [2.75, 3.05) is 44.1 Å². The number of halogens is 3. The van der Waals surface area contributed by atoms with Crippen LogP contribution in [0.3, 0.4) is 0 Å². The normalized spacial score (nSPS) is 20.5. The lowest BCUT2D eigenvalue weighted by Crippen LogP contribution is -2.42. The van der Waals surface area contributed by atoms with Gasteiger partial charge in [-0.3, -0.25) is 0 Å². The lowest BCUT2D eigenvalue weighted by molar-refractivity contribution is -0.137. The topological polar surface area (TPSA) is 66.9 Å². The molecule has 1 aromatic carbocycles. The van der Waals surface area contributed by atoms with Crippen LogP contribution < -0.4 is 19.7 Å². The zero-order valence-corrected chi connectivity index (χ0v) is 17.1. The van der Waals surface area contributed by atoms with Gasteiger partial charge in [-0.1, -0.05) is 0 Å². The van der Waals surface area contributed by atoms with E-state index in [0.29, 0.717) is 36.8 Å². The molecule has 31 heavy (non-hydrogen) atoms. The summed E-state index contributed by atoms with van der Waals surface area (Å²) >= 11 is 0. The van der Waals surface area contributed by atoms with Crippen LogP contribution in [-0.4, -0.2) is 55.8 Å². The van der Waals surface area contributed by atoms with Crippen LogP contribution in [0.15, 0.2) is 36.5 Å². The number of urea groups is 1. The SMILES string of the molecule is COc1cc(NC(=O)N2CCC3CN(c4cc(C(F)(F)F)ccn4)CC32)cc(OC)c1. The number of ether oxygens (including phenoxy) is 2. The molecule has 2 fully saturated rings. The van der Waals surface area contributed by atoms with Crippen LogP contribution in [-0.2, 0) is 6.18 Å². The van der Waals surface area contributed by atoms with E-state index in [9.17, 15) is 18.0 Å². The maximum absolute atomic E-state index is 13.0. The number of pyridine rings is 1. The number of rotatable bonds is 4. The van der Waals surface area contributed by atoms with Crippen LogP contribution in [0.4, 0.5) is 29.5 Å². The Morgan fingerprint density at radius 3 is 2.48 bits per heavy atom. The number of amides is 2. The molecule has 0 saturated carbocycles. The van der Waals surface area contributed by atoms with Crippen LogP contribution in [0.2, 0.25) is 0 Å². The van der Waals surface area contributed by atoms with Crippen LogP contribution in [0.25, 0.3) is 0 Å². The van der Waals surface area contributed by atoms with E-state index in [4.69, 9.17) is 9.47 Å². The molecule has 2 aliphatic heterocycles. The van der Waals surface area contributed by atoms with Crippen molar-refractivity contribution >= 4 is 17.5 Å². The van der Waals surface area contributed by atoms with Gasteiger partial charge in [0.1, 0.15) is 17.3 Å². The Bertz CT molecular complexity index is 947. The summed E-state index contributed by atoms with van der Waals surface area (Å²) < 4.78 is 49.6. The quantitative estimate of drug-likeness (QED) is 0.789. The molecule has 1 aromatic heterocycles. The summed E-state index contributed by atoms with van der Waals surface area (Å²) in [5, 5.41) is 2.87. The van der Waals surface area contributed by atoms with Crippen molar-refractivity contribution in [1.82, 2.24) is 9.88 Å². The van der Waals surface area contributed by atoms with E-state index in [-0.39, 0.29) is 23.8 Å². The third-order valence-electron chi connectivity index (χ3n) is 5.81. The van der Waals surface area contributed by atoms with Gasteiger partial charge in [0.25, 0.3) is 0 Å². The number of hydrogen-bond acceptors (Lipinski definition) is 5. The molecule has 0 bridgehead atoms. The Hall–Kier alpha value is -3.17. The number of nitrogens with one attached hydrogen (secondary N) is 1. The van der Waals surface area contributed by atoms with Crippen molar-refractivity contribution in [3.63, 3.8) is 0 Å². The van der Waals surface area contributed by atoms with E-state index in [1.54, 1.807) is 23.1 Å². The van der Waals surface area contributed by atoms with Gasteiger partial charge in [-0.05, 0) is 18.6 Å². The predicted octanol–water partition coefficient (Wildman–Crippen LogP) is 3.86. The first-order valence-electron chi connectivity index (χ1n) is 9.87. The van der Waals surface area contributed by atoms with Crippen molar-refractivity contribution in [3.05, 3.63) is 42.1 Å². The van der Waals surface area contributed by atoms with Gasteiger partial charge in [-0.15, -0.1) is 0 Å². The molecule has 1 N–H and O–H groups in total. The zero-order valence-electron chi connectivity index (χ0n) is 17.1. The minimum atomic E-state index is -4.42. The highest BCUT2D eigenvalue weighted by atomic mass is 19.4. The number of likely N-dealkylation sites (tertiary alicyclic amines) is 1. The Kier molecular flexibility index (Phi) is 5.55. The van der Waals surface area contributed by atoms with E-state index in [1.807, 2.05) is 4.90 Å². The average Bonchev–Trinajstić information content (AvgIpc) is 3.33. The molecule has 3 heterocycles. The second kappa shape index (κ2) is 8.16. The highest BCUT2D eigenvalue weighted by Gasteiger charge is 2.44. The van der Waals surface area contributed by atoms with E-state index in [0.717, 1.165) is 18.6 Å². The summed E-state index contributed by atoms with van der Waals surface area (Å²) in [6.45, 7) is 1.59. The average molecular weight is 436 g/mol. The molecular weight excluding hydrogens is 413 g/mol. The number of nitrogens with zero attached hydrogens (tertiary/aromatic N) is 3. The van der Waals surface area contributed by atoms with E-state index in [1.165, 1.54) is 20.4 Å². The number of carbonyl (C=O) groups excluding carboxylic acids is 1. The van der Waals surface area contributed by atoms with Crippen molar-refractivity contribution in [2.45, 2.75) is 18.6 Å². The Morgan fingerprint density at radius 2 is 1.84 bits per heavy atom. The maximum atomic E-state index is 13.0. The molecule has 7 nitrogen and oxygen atoms in total. The summed E-state index contributed by atoms with van der Waals surface area (Å²) in [5.74, 6) is 1.57. The lowest BCUT2D eigenvalue weighted by atomic mass is 10.1. The number of carbonyl (C=O) groups is 1. The fourth-order valence-corrected chi connectivity index (χ4v) is 4.24. The number of alkyl halides is 3. The molecule has 2 atom stereocenters. The van der Waals surface area contributed by atoms with Crippen molar-refractivity contribution in [3.8, 4) is 11.5 Å². The molecule has 2 amide bonds. The highest BCUT2D eigenvalue weighted by molar-refractivity contribution is 5.90. The Morgan fingerprint density at radius 1 is 1.13 bits per heavy atom. The number of fused-ring (bicyclic) bond motifs is 1. The fourth-order valence-electron chi connectivity index (χ4n) is 4.24. The third-order valence-corrected chi connectivity index (χ3v) is 5.81. The van der Waals surface area contributed by atoms with E-state index >= 15 is 0 Å². The summed E-state index contributed by atoms with van der Waals surface area (Å²) in [6.07, 6.45) is -2.46. The summed E-state index contributed by atoms with van der Waals surface area (Å²) in [4.78, 5) is 20.6. The zero-order chi connectivity index (χ0) is 22.2. The standard InChI is InChI=1S/C21H23F3N4O3/c1-30-16-8-15(9-17(10-16)31-2)26-20(29)28-6-4-13-11-27(12-18(13)28)19-7-14(3-5-25-19)21(22,23)24/h3,5,7-10,13,18H,4,6,11-12H2,1-2H3,(H,26,29). The van der Waals surface area contributed by atoms with Gasteiger partial charge in [0, 0.05) is 55.6 Å². The molecule has 0 aliphatic carbocycles. The van der Waals surface area contributed by atoms with Crippen LogP contribution >= 0.6 is 0 Å². The monoisotopic (exact) mass is 436 g/mol. The number of anilines is 2. The molecule has 4 rings (SSSR count). The van der Waals surface area contributed by atoms with Gasteiger partial charge < -0.3 is 24.6 Å². The van der Waals surface area contributed by atoms with E-state index in [2.05, 4.69) is 10.3 Å². The number of benzene rings is 1. The van der Waals surface area contributed by atoms with Gasteiger partial charge in [-0.2, -0.15) is 13.2 Å². The highest BCUT2D eigenvalue weighted by Crippen LogP contribution is 2.36. The van der Waals surface area contributed by atoms with Crippen molar-refractivity contribution in [1.29, 1.82) is 0 Å². The number of aromatic nitrogens is 1. The molecule has 2 unspecified atom stereocenters. The second-order valence-electron chi connectivity index (χ2n) is 7.65. The van der Waals surface area contributed by atoms with Gasteiger partial charge in [-0.25, -0.2) is 9.78 Å².